The molecule has 0 aliphatic rings. The molecule has 0 saturated carbocycles. The van der Waals surface area contributed by atoms with Gasteiger partial charge >= 0.3 is 0 Å². The third kappa shape index (κ3) is 3.05. The lowest BCUT2D eigenvalue weighted by molar-refractivity contribution is 1.10. The van der Waals surface area contributed by atoms with Crippen LogP contribution in [0.4, 0.5) is 0 Å². The van der Waals surface area contributed by atoms with Crippen LogP contribution in [0.1, 0.15) is 19.5 Å². The van der Waals surface area contributed by atoms with Gasteiger partial charge in [-0.15, -0.1) is 0 Å². The predicted molar refractivity (Wildman–Crippen MR) is 60.0 cm³/mol. The fourth-order valence-electron chi connectivity index (χ4n) is 1.16. The Hall–Kier alpha value is -1.57. The summed E-state index contributed by atoms with van der Waals surface area (Å²) in [4.78, 5) is 7.05. The highest BCUT2D eigenvalue weighted by Crippen LogP contribution is 2.09. The number of hydrogen-bond donors (Lipinski definition) is 1. The molecule has 0 aliphatic carbocycles. The molecule has 1 rings (SSSR count). The highest BCUT2D eigenvalue weighted by molar-refractivity contribution is 5.30. The average Bonchev–Trinajstić information content (AvgIpc) is 2.69. The van der Waals surface area contributed by atoms with Crippen LogP contribution in [0.5, 0.6) is 0 Å². The van der Waals surface area contributed by atoms with Gasteiger partial charge < -0.3 is 4.98 Å². The van der Waals surface area contributed by atoms with Crippen LogP contribution in [-0.2, 0) is 6.42 Å². The Morgan fingerprint density at radius 1 is 1.64 bits per heavy atom. The molecule has 0 amide bonds. The molecule has 14 heavy (non-hydrogen) atoms. The molecule has 1 aromatic rings. The van der Waals surface area contributed by atoms with Crippen LogP contribution < -0.4 is 0 Å². The van der Waals surface area contributed by atoms with Gasteiger partial charge in [0, 0.05) is 18.3 Å². The lowest BCUT2D eigenvalue weighted by Crippen LogP contribution is -1.88. The van der Waals surface area contributed by atoms with Crippen LogP contribution in [0.15, 0.2) is 48.5 Å². The van der Waals surface area contributed by atoms with Crippen molar-refractivity contribution in [3.05, 3.63) is 54.2 Å². The van der Waals surface area contributed by atoms with Gasteiger partial charge in [-0.25, -0.2) is 4.98 Å². The van der Waals surface area contributed by atoms with Crippen molar-refractivity contribution in [2.24, 2.45) is 0 Å². The average molecular weight is 188 g/mol. The van der Waals surface area contributed by atoms with Gasteiger partial charge in [0.1, 0.15) is 0 Å². The fraction of sp³-hybridized carbons (Fsp3) is 0.250. The Morgan fingerprint density at radius 2 is 2.43 bits per heavy atom. The smallest absolute Gasteiger partial charge is 0.0921 e. The molecule has 1 N–H and O–H groups in total. The molecule has 0 atom stereocenters. The van der Waals surface area contributed by atoms with Crippen LogP contribution in [0.3, 0.4) is 0 Å². The summed E-state index contributed by atoms with van der Waals surface area (Å²) in [7, 11) is 0. The van der Waals surface area contributed by atoms with E-state index in [1.807, 2.05) is 19.2 Å². The summed E-state index contributed by atoms with van der Waals surface area (Å²) in [5, 5.41) is 0. The standard InChI is InChI=1S/C12H16N2/c1-4-10(3)6-11(5-2)7-12-8-13-9-14-12/h4-6,8-9H,2,7H2,1,3H3,(H,13,14)/b10-4-,11-6+. The second kappa shape index (κ2) is 5.22. The van der Waals surface area contributed by atoms with E-state index < -0.39 is 0 Å². The molecule has 1 aromatic heterocycles. The molecule has 0 saturated heterocycles. The molecule has 1 heterocycles. The van der Waals surface area contributed by atoms with E-state index in [0.717, 1.165) is 12.1 Å². The van der Waals surface area contributed by atoms with Crippen LogP contribution in [0.25, 0.3) is 0 Å². The first kappa shape index (κ1) is 10.5. The first-order valence-electron chi connectivity index (χ1n) is 4.69. The first-order chi connectivity index (χ1) is 6.76. The number of aromatic amines is 1. The number of imidazole rings is 1. The quantitative estimate of drug-likeness (QED) is 0.723. The van der Waals surface area contributed by atoms with Gasteiger partial charge in [-0.05, 0) is 19.4 Å². The zero-order chi connectivity index (χ0) is 10.4. The molecule has 2 nitrogen and oxygen atoms in total. The maximum atomic E-state index is 3.98. The monoisotopic (exact) mass is 188 g/mol. The Labute approximate surface area is 85.1 Å². The maximum absolute atomic E-state index is 3.98. The van der Waals surface area contributed by atoms with Crippen molar-refractivity contribution in [3.63, 3.8) is 0 Å². The number of nitrogens with zero attached hydrogens (tertiary/aromatic N) is 1. The largest absolute Gasteiger partial charge is 0.348 e. The lowest BCUT2D eigenvalue weighted by atomic mass is 10.1. The minimum atomic E-state index is 0.856. The minimum absolute atomic E-state index is 0.856. The maximum Gasteiger partial charge on any atom is 0.0921 e. The molecular weight excluding hydrogens is 172 g/mol. The van der Waals surface area contributed by atoms with Gasteiger partial charge in [0.05, 0.1) is 6.33 Å². The first-order valence-corrected chi connectivity index (χ1v) is 4.69. The van der Waals surface area contributed by atoms with E-state index in [9.17, 15) is 0 Å². The van der Waals surface area contributed by atoms with Gasteiger partial charge in [0.25, 0.3) is 0 Å². The van der Waals surface area contributed by atoms with E-state index in [2.05, 4.69) is 35.6 Å². The third-order valence-electron chi connectivity index (χ3n) is 2.08. The molecule has 2 heteroatoms. The summed E-state index contributed by atoms with van der Waals surface area (Å²) in [5.74, 6) is 0. The fourth-order valence-corrected chi connectivity index (χ4v) is 1.16. The summed E-state index contributed by atoms with van der Waals surface area (Å²) in [6.45, 7) is 7.91. The second-order valence-corrected chi connectivity index (χ2v) is 3.21. The van der Waals surface area contributed by atoms with Crippen molar-refractivity contribution < 1.29 is 0 Å². The molecule has 0 spiro atoms. The zero-order valence-electron chi connectivity index (χ0n) is 8.75. The van der Waals surface area contributed by atoms with E-state index in [-0.39, 0.29) is 0 Å². The highest BCUT2D eigenvalue weighted by Gasteiger charge is 1.96. The third-order valence-corrected chi connectivity index (χ3v) is 2.08. The summed E-state index contributed by atoms with van der Waals surface area (Å²) in [6.07, 6.45) is 10.5. The molecule has 0 bridgehead atoms. The van der Waals surface area contributed by atoms with E-state index in [0.29, 0.717) is 0 Å². The summed E-state index contributed by atoms with van der Waals surface area (Å²) < 4.78 is 0. The minimum Gasteiger partial charge on any atom is -0.348 e. The highest BCUT2D eigenvalue weighted by atomic mass is 14.9. The van der Waals surface area contributed by atoms with Crippen LogP contribution in [0.2, 0.25) is 0 Å². The van der Waals surface area contributed by atoms with Crippen molar-refractivity contribution in [1.82, 2.24) is 9.97 Å². The molecule has 0 unspecified atom stereocenters. The van der Waals surface area contributed by atoms with Gasteiger partial charge in [-0.2, -0.15) is 0 Å². The van der Waals surface area contributed by atoms with Crippen LogP contribution in [-0.4, -0.2) is 9.97 Å². The molecule has 74 valence electrons. The van der Waals surface area contributed by atoms with Gasteiger partial charge in [0.2, 0.25) is 0 Å². The van der Waals surface area contributed by atoms with Crippen LogP contribution >= 0.6 is 0 Å². The summed E-state index contributed by atoms with van der Waals surface area (Å²) in [6, 6.07) is 0. The number of nitrogens with one attached hydrogen (secondary N) is 1. The summed E-state index contributed by atoms with van der Waals surface area (Å²) in [5.41, 5.74) is 3.56. The molecule has 0 aliphatic heterocycles. The second-order valence-electron chi connectivity index (χ2n) is 3.21. The van der Waals surface area contributed by atoms with Gasteiger partial charge in [0.15, 0.2) is 0 Å². The number of aromatic nitrogens is 2. The van der Waals surface area contributed by atoms with E-state index in [4.69, 9.17) is 0 Å². The molecular formula is C12H16N2. The number of hydrogen-bond acceptors (Lipinski definition) is 1. The summed E-state index contributed by atoms with van der Waals surface area (Å²) >= 11 is 0. The predicted octanol–water partition coefficient (Wildman–Crippen LogP) is 3.03. The van der Waals surface area contributed by atoms with Crippen molar-refractivity contribution in [1.29, 1.82) is 0 Å². The van der Waals surface area contributed by atoms with Crippen LogP contribution in [0, 0.1) is 0 Å². The van der Waals surface area contributed by atoms with Crippen molar-refractivity contribution >= 4 is 0 Å². The lowest BCUT2D eigenvalue weighted by Gasteiger charge is -1.99. The van der Waals surface area contributed by atoms with Crippen molar-refractivity contribution in [2.45, 2.75) is 20.3 Å². The molecule has 0 aromatic carbocycles. The number of allylic oxidation sites excluding steroid dienone is 5. The number of rotatable bonds is 4. The molecule has 0 fully saturated rings. The van der Waals surface area contributed by atoms with E-state index in [1.165, 1.54) is 11.1 Å². The van der Waals surface area contributed by atoms with Crippen molar-refractivity contribution in [3.8, 4) is 0 Å². The zero-order valence-corrected chi connectivity index (χ0v) is 8.75. The topological polar surface area (TPSA) is 28.7 Å². The Balaban J connectivity index is 2.74. The number of H-pyrrole nitrogens is 1. The van der Waals surface area contributed by atoms with E-state index >= 15 is 0 Å². The normalized spacial score (nSPS) is 13.0. The van der Waals surface area contributed by atoms with E-state index in [1.54, 1.807) is 6.33 Å². The SMILES string of the molecule is C=C/C(=C\C(C)=C/C)Cc1cnc[nH]1. The Bertz CT molecular complexity index is 342. The Kier molecular flexibility index (Phi) is 3.92. The van der Waals surface area contributed by atoms with Gasteiger partial charge in [-0.3, -0.25) is 0 Å². The Morgan fingerprint density at radius 3 is 2.93 bits per heavy atom. The van der Waals surface area contributed by atoms with Crippen molar-refractivity contribution in [2.75, 3.05) is 0 Å². The molecule has 0 radical (unpaired) electrons. The van der Waals surface area contributed by atoms with Gasteiger partial charge in [-0.1, -0.05) is 30.4 Å².